The lowest BCUT2D eigenvalue weighted by Gasteiger charge is -2.14. The lowest BCUT2D eigenvalue weighted by Crippen LogP contribution is -2.27. The Balaban J connectivity index is 2.17. The van der Waals surface area contributed by atoms with Crippen LogP contribution >= 0.6 is 27.3 Å². The van der Waals surface area contributed by atoms with E-state index in [1.165, 1.54) is 11.3 Å². The van der Waals surface area contributed by atoms with Crippen LogP contribution in [0.1, 0.15) is 16.8 Å². The summed E-state index contributed by atoms with van der Waals surface area (Å²) >= 11 is 4.92. The largest absolute Gasteiger partial charge is 0.334 e. The first-order valence-electron chi connectivity index (χ1n) is 4.37. The zero-order valence-electron chi connectivity index (χ0n) is 7.62. The van der Waals surface area contributed by atoms with Gasteiger partial charge in [0, 0.05) is 13.1 Å². The third kappa shape index (κ3) is 1.77. The highest BCUT2D eigenvalue weighted by atomic mass is 79.9. The van der Waals surface area contributed by atoms with Crippen LogP contribution in [0.15, 0.2) is 27.4 Å². The predicted octanol–water partition coefficient (Wildman–Crippen LogP) is 2.91. The summed E-state index contributed by atoms with van der Waals surface area (Å²) < 4.78 is 0.917. The Morgan fingerprint density at radius 1 is 1.64 bits per heavy atom. The fourth-order valence-electron chi connectivity index (χ4n) is 1.51. The predicted molar refractivity (Wildman–Crippen MR) is 61.7 cm³/mol. The number of carbonyl (C=O) groups is 1. The summed E-state index contributed by atoms with van der Waals surface area (Å²) in [6, 6.07) is 1.86. The van der Waals surface area contributed by atoms with Gasteiger partial charge >= 0.3 is 0 Å². The molecule has 0 bridgehead atoms. The average molecular weight is 272 g/mol. The Labute approximate surface area is 95.4 Å². The maximum Gasteiger partial charge on any atom is 0.256 e. The van der Waals surface area contributed by atoms with Crippen LogP contribution in [0.5, 0.6) is 0 Å². The van der Waals surface area contributed by atoms with Gasteiger partial charge in [0.25, 0.3) is 5.91 Å². The Bertz CT molecular complexity index is 385. The van der Waals surface area contributed by atoms with Crippen molar-refractivity contribution in [3.05, 3.63) is 32.9 Å². The number of hydrogen-bond acceptors (Lipinski definition) is 2. The SMILES string of the molecule is C=C1CCN(C(=O)c2ccsc2Br)C1. The van der Waals surface area contributed by atoms with Gasteiger partial charge in [-0.05, 0) is 33.8 Å². The van der Waals surface area contributed by atoms with E-state index in [9.17, 15) is 4.79 Å². The second kappa shape index (κ2) is 3.87. The third-order valence-corrected chi connectivity index (χ3v) is 3.97. The molecule has 0 unspecified atom stereocenters. The molecule has 0 radical (unpaired) electrons. The number of rotatable bonds is 1. The Morgan fingerprint density at radius 2 is 2.43 bits per heavy atom. The third-order valence-electron chi connectivity index (χ3n) is 2.29. The molecule has 2 rings (SSSR count). The van der Waals surface area contributed by atoms with E-state index in [2.05, 4.69) is 22.5 Å². The van der Waals surface area contributed by atoms with Gasteiger partial charge in [0.15, 0.2) is 0 Å². The van der Waals surface area contributed by atoms with Gasteiger partial charge in [-0.15, -0.1) is 11.3 Å². The summed E-state index contributed by atoms with van der Waals surface area (Å²) in [5.74, 6) is 0.108. The van der Waals surface area contributed by atoms with E-state index in [-0.39, 0.29) is 5.91 Å². The standard InChI is InChI=1S/C10H10BrNOS/c1-7-2-4-12(6-7)10(13)8-3-5-14-9(8)11/h3,5H,1-2,4,6H2. The van der Waals surface area contributed by atoms with Gasteiger partial charge in [0.2, 0.25) is 0 Å². The summed E-state index contributed by atoms with van der Waals surface area (Å²) in [6.07, 6.45) is 0.938. The van der Waals surface area contributed by atoms with Gasteiger partial charge in [-0.2, -0.15) is 0 Å². The number of carbonyl (C=O) groups excluding carboxylic acids is 1. The normalized spacial score (nSPS) is 16.4. The van der Waals surface area contributed by atoms with E-state index < -0.39 is 0 Å². The van der Waals surface area contributed by atoms with E-state index in [0.717, 1.165) is 27.9 Å². The summed E-state index contributed by atoms with van der Waals surface area (Å²) in [7, 11) is 0. The molecule has 2 heterocycles. The maximum absolute atomic E-state index is 11.9. The fourth-order valence-corrected chi connectivity index (χ4v) is 2.74. The summed E-state index contributed by atoms with van der Waals surface area (Å²) in [5, 5.41) is 1.92. The molecule has 1 fully saturated rings. The first-order valence-corrected chi connectivity index (χ1v) is 6.04. The highest BCUT2D eigenvalue weighted by Gasteiger charge is 2.23. The van der Waals surface area contributed by atoms with E-state index in [0.29, 0.717) is 6.54 Å². The molecule has 0 saturated carbocycles. The molecule has 0 aliphatic carbocycles. The van der Waals surface area contributed by atoms with Crippen molar-refractivity contribution < 1.29 is 4.79 Å². The summed E-state index contributed by atoms with van der Waals surface area (Å²) in [5.41, 5.74) is 1.91. The molecule has 0 aromatic carbocycles. The Hall–Kier alpha value is -0.610. The van der Waals surface area contributed by atoms with Gasteiger partial charge in [-0.25, -0.2) is 0 Å². The zero-order valence-corrected chi connectivity index (χ0v) is 10.0. The van der Waals surface area contributed by atoms with Crippen LogP contribution in [0.2, 0.25) is 0 Å². The van der Waals surface area contributed by atoms with E-state index >= 15 is 0 Å². The highest BCUT2D eigenvalue weighted by molar-refractivity contribution is 9.11. The van der Waals surface area contributed by atoms with E-state index in [1.807, 2.05) is 16.3 Å². The van der Waals surface area contributed by atoms with Crippen LogP contribution in [0.3, 0.4) is 0 Å². The number of halogens is 1. The molecule has 2 nitrogen and oxygen atoms in total. The summed E-state index contributed by atoms with van der Waals surface area (Å²) in [4.78, 5) is 13.8. The minimum absolute atomic E-state index is 0.108. The molecule has 4 heteroatoms. The summed E-state index contributed by atoms with van der Waals surface area (Å²) in [6.45, 7) is 5.40. The van der Waals surface area contributed by atoms with Crippen LogP contribution in [-0.2, 0) is 0 Å². The van der Waals surface area contributed by atoms with Crippen LogP contribution < -0.4 is 0 Å². The number of hydrogen-bond donors (Lipinski definition) is 0. The van der Waals surface area contributed by atoms with Crippen LogP contribution in [-0.4, -0.2) is 23.9 Å². The Morgan fingerprint density at radius 3 is 2.93 bits per heavy atom. The highest BCUT2D eigenvalue weighted by Crippen LogP contribution is 2.26. The van der Waals surface area contributed by atoms with Crippen LogP contribution in [0, 0.1) is 0 Å². The molecular formula is C10H10BrNOS. The van der Waals surface area contributed by atoms with Gasteiger partial charge < -0.3 is 4.90 Å². The van der Waals surface area contributed by atoms with Crippen LogP contribution in [0.25, 0.3) is 0 Å². The van der Waals surface area contributed by atoms with Crippen LogP contribution in [0.4, 0.5) is 0 Å². The molecule has 0 atom stereocenters. The van der Waals surface area contributed by atoms with Crippen molar-refractivity contribution in [3.8, 4) is 0 Å². The topological polar surface area (TPSA) is 20.3 Å². The number of likely N-dealkylation sites (tertiary alicyclic amines) is 1. The van der Waals surface area contributed by atoms with Crippen molar-refractivity contribution in [2.45, 2.75) is 6.42 Å². The van der Waals surface area contributed by atoms with Crippen molar-refractivity contribution in [1.82, 2.24) is 4.90 Å². The molecule has 1 saturated heterocycles. The number of nitrogens with zero attached hydrogens (tertiary/aromatic N) is 1. The fraction of sp³-hybridized carbons (Fsp3) is 0.300. The molecule has 14 heavy (non-hydrogen) atoms. The van der Waals surface area contributed by atoms with Crippen molar-refractivity contribution in [3.63, 3.8) is 0 Å². The van der Waals surface area contributed by atoms with E-state index in [1.54, 1.807) is 0 Å². The lowest BCUT2D eigenvalue weighted by molar-refractivity contribution is 0.0796. The van der Waals surface area contributed by atoms with Crippen molar-refractivity contribution >= 4 is 33.2 Å². The van der Waals surface area contributed by atoms with Gasteiger partial charge in [-0.1, -0.05) is 12.2 Å². The second-order valence-electron chi connectivity index (χ2n) is 3.33. The molecule has 1 aliphatic rings. The maximum atomic E-state index is 11.9. The Kier molecular flexibility index (Phi) is 2.74. The van der Waals surface area contributed by atoms with Crippen molar-refractivity contribution in [2.75, 3.05) is 13.1 Å². The molecule has 1 aromatic heterocycles. The van der Waals surface area contributed by atoms with Crippen molar-refractivity contribution in [2.24, 2.45) is 0 Å². The second-order valence-corrected chi connectivity index (χ2v) is 5.57. The average Bonchev–Trinajstić information content (AvgIpc) is 2.73. The monoisotopic (exact) mass is 271 g/mol. The molecule has 1 amide bonds. The molecule has 1 aromatic rings. The first kappa shape index (κ1) is 9.93. The van der Waals surface area contributed by atoms with Crippen molar-refractivity contribution in [1.29, 1.82) is 0 Å². The van der Waals surface area contributed by atoms with Gasteiger partial charge in [-0.3, -0.25) is 4.79 Å². The minimum Gasteiger partial charge on any atom is -0.334 e. The number of thiophene rings is 1. The molecule has 1 aliphatic heterocycles. The smallest absolute Gasteiger partial charge is 0.256 e. The molecule has 0 N–H and O–H groups in total. The van der Waals surface area contributed by atoms with Gasteiger partial charge in [0.1, 0.15) is 0 Å². The first-order chi connectivity index (χ1) is 6.68. The molecule has 0 spiro atoms. The van der Waals surface area contributed by atoms with E-state index in [4.69, 9.17) is 0 Å². The lowest BCUT2D eigenvalue weighted by atomic mass is 10.3. The quantitative estimate of drug-likeness (QED) is 0.720. The number of amides is 1. The molecule has 74 valence electrons. The molecular weight excluding hydrogens is 262 g/mol. The minimum atomic E-state index is 0.108. The zero-order chi connectivity index (χ0) is 10.1. The van der Waals surface area contributed by atoms with Gasteiger partial charge in [0.05, 0.1) is 9.35 Å².